The minimum absolute atomic E-state index is 0.287. The number of ether oxygens (including phenoxy) is 3. The lowest BCUT2D eigenvalue weighted by Crippen LogP contribution is -2.17. The van der Waals surface area contributed by atoms with E-state index in [-0.39, 0.29) is 11.4 Å². The maximum Gasteiger partial charge on any atom is 0.279 e. The number of para-hydroxylation sites is 1. The second-order valence-electron chi connectivity index (χ2n) is 5.95. The summed E-state index contributed by atoms with van der Waals surface area (Å²) in [4.78, 5) is 17.6. The van der Waals surface area contributed by atoms with Gasteiger partial charge in [-0.25, -0.2) is 4.39 Å². The van der Waals surface area contributed by atoms with Crippen molar-refractivity contribution in [3.05, 3.63) is 46.5 Å². The Morgan fingerprint density at radius 3 is 2.39 bits per heavy atom. The van der Waals surface area contributed by atoms with Gasteiger partial charge in [0.15, 0.2) is 16.3 Å². The number of hydrogen-bond donors (Lipinski definition) is 0. The van der Waals surface area contributed by atoms with E-state index < -0.39 is 5.91 Å². The lowest BCUT2D eigenvalue weighted by atomic mass is 10.1. The van der Waals surface area contributed by atoms with E-state index in [0.717, 1.165) is 11.1 Å². The smallest absolute Gasteiger partial charge is 0.279 e. The number of benzene rings is 2. The molecular weight excluding hydrogens is 383 g/mol. The zero-order valence-corrected chi connectivity index (χ0v) is 16.9. The summed E-state index contributed by atoms with van der Waals surface area (Å²) in [5, 5.41) is 0. The first-order valence-corrected chi connectivity index (χ1v) is 9.52. The molecule has 0 spiro atoms. The Balaban J connectivity index is 2.16. The fourth-order valence-electron chi connectivity index (χ4n) is 2.96. The molecule has 148 valence electrons. The van der Waals surface area contributed by atoms with Crippen LogP contribution in [-0.2, 0) is 6.54 Å². The SMILES string of the molecule is CCCn1c(=NC(=O)c2cc(OC)c(OC)c(OC)c2)sc2cccc(F)c21. The third-order valence-corrected chi connectivity index (χ3v) is 5.25. The first-order valence-electron chi connectivity index (χ1n) is 8.70. The van der Waals surface area contributed by atoms with Crippen LogP contribution in [0.2, 0.25) is 0 Å². The Hall–Kier alpha value is -2.87. The number of thiazole rings is 1. The molecule has 0 atom stereocenters. The normalized spacial score (nSPS) is 11.7. The minimum Gasteiger partial charge on any atom is -0.493 e. The summed E-state index contributed by atoms with van der Waals surface area (Å²) in [7, 11) is 4.45. The van der Waals surface area contributed by atoms with Crippen LogP contribution in [0.1, 0.15) is 23.7 Å². The summed E-state index contributed by atoms with van der Waals surface area (Å²) in [5.41, 5.74) is 0.751. The standard InChI is InChI=1S/C20H21FN2O4S/c1-5-9-23-17-13(21)7-6-8-16(17)28-20(23)22-19(24)12-10-14(25-2)18(27-4)15(11-12)26-3/h6-8,10-11H,5,9H2,1-4H3. The van der Waals surface area contributed by atoms with E-state index in [0.29, 0.717) is 34.1 Å². The van der Waals surface area contributed by atoms with Crippen LogP contribution < -0.4 is 19.0 Å². The monoisotopic (exact) mass is 404 g/mol. The van der Waals surface area contributed by atoms with Crippen molar-refractivity contribution in [1.82, 2.24) is 4.57 Å². The van der Waals surface area contributed by atoms with Gasteiger partial charge < -0.3 is 18.8 Å². The van der Waals surface area contributed by atoms with Gasteiger partial charge in [-0.05, 0) is 30.7 Å². The van der Waals surface area contributed by atoms with Crippen LogP contribution in [-0.4, -0.2) is 31.8 Å². The highest BCUT2D eigenvalue weighted by atomic mass is 32.1. The van der Waals surface area contributed by atoms with Crippen LogP contribution in [0, 0.1) is 5.82 Å². The molecule has 0 bridgehead atoms. The summed E-state index contributed by atoms with van der Waals surface area (Å²) in [5.74, 6) is 0.319. The van der Waals surface area contributed by atoms with Crippen molar-refractivity contribution in [1.29, 1.82) is 0 Å². The van der Waals surface area contributed by atoms with Gasteiger partial charge in [0.1, 0.15) is 5.82 Å². The van der Waals surface area contributed by atoms with E-state index in [1.54, 1.807) is 22.8 Å². The number of rotatable bonds is 6. The number of halogens is 1. The molecule has 0 saturated heterocycles. The van der Waals surface area contributed by atoms with Crippen LogP contribution in [0.4, 0.5) is 4.39 Å². The zero-order valence-electron chi connectivity index (χ0n) is 16.1. The molecule has 1 heterocycles. The number of nitrogens with zero attached hydrogens (tertiary/aromatic N) is 2. The first kappa shape index (κ1) is 19.9. The van der Waals surface area contributed by atoms with Gasteiger partial charge in [-0.1, -0.05) is 24.3 Å². The van der Waals surface area contributed by atoms with Crippen LogP contribution in [0.25, 0.3) is 10.2 Å². The maximum absolute atomic E-state index is 14.3. The largest absolute Gasteiger partial charge is 0.493 e. The molecule has 3 rings (SSSR count). The van der Waals surface area contributed by atoms with Gasteiger partial charge in [0.25, 0.3) is 5.91 Å². The lowest BCUT2D eigenvalue weighted by Gasteiger charge is -2.12. The Morgan fingerprint density at radius 2 is 1.82 bits per heavy atom. The van der Waals surface area contributed by atoms with E-state index in [1.807, 2.05) is 13.0 Å². The Morgan fingerprint density at radius 1 is 1.14 bits per heavy atom. The lowest BCUT2D eigenvalue weighted by molar-refractivity contribution is 0.0997. The first-order chi connectivity index (χ1) is 13.5. The van der Waals surface area contributed by atoms with Gasteiger partial charge in [0.05, 0.1) is 31.5 Å². The number of carbonyl (C=O) groups excluding carboxylic acids is 1. The van der Waals surface area contributed by atoms with Crippen molar-refractivity contribution in [2.75, 3.05) is 21.3 Å². The van der Waals surface area contributed by atoms with Crippen molar-refractivity contribution in [2.24, 2.45) is 4.99 Å². The highest BCUT2D eigenvalue weighted by Gasteiger charge is 2.18. The molecular formula is C20H21FN2O4S. The topological polar surface area (TPSA) is 62.1 Å². The average Bonchev–Trinajstić information content (AvgIpc) is 3.05. The number of methoxy groups -OCH3 is 3. The van der Waals surface area contributed by atoms with Crippen LogP contribution in [0.15, 0.2) is 35.3 Å². The minimum atomic E-state index is -0.476. The number of aryl methyl sites for hydroxylation is 1. The number of hydrogen-bond acceptors (Lipinski definition) is 5. The third-order valence-electron chi connectivity index (χ3n) is 4.21. The molecule has 3 aromatic rings. The Labute approximate surface area is 165 Å². The summed E-state index contributed by atoms with van der Waals surface area (Å²) in [6, 6.07) is 7.97. The quantitative estimate of drug-likeness (QED) is 0.623. The molecule has 0 radical (unpaired) electrons. The Kier molecular flexibility index (Phi) is 5.99. The number of amides is 1. The summed E-state index contributed by atoms with van der Waals surface area (Å²) >= 11 is 1.28. The molecule has 0 unspecified atom stereocenters. The molecule has 6 nitrogen and oxygen atoms in total. The molecule has 0 saturated carbocycles. The second kappa shape index (κ2) is 8.43. The van der Waals surface area contributed by atoms with Gasteiger partial charge in [0, 0.05) is 12.1 Å². The molecule has 2 aromatic carbocycles. The molecule has 28 heavy (non-hydrogen) atoms. The van der Waals surface area contributed by atoms with Gasteiger partial charge in [-0.3, -0.25) is 4.79 Å². The number of aromatic nitrogens is 1. The average molecular weight is 404 g/mol. The summed E-state index contributed by atoms with van der Waals surface area (Å²) in [6.07, 6.45) is 0.783. The highest BCUT2D eigenvalue weighted by Crippen LogP contribution is 2.38. The second-order valence-corrected chi connectivity index (χ2v) is 6.96. The van der Waals surface area contributed by atoms with Crippen LogP contribution in [0.5, 0.6) is 17.2 Å². The molecule has 8 heteroatoms. The van der Waals surface area contributed by atoms with Gasteiger partial charge in [-0.2, -0.15) is 4.99 Å². The van der Waals surface area contributed by atoms with E-state index in [2.05, 4.69) is 4.99 Å². The van der Waals surface area contributed by atoms with Gasteiger partial charge >= 0.3 is 0 Å². The van der Waals surface area contributed by atoms with Crippen LogP contribution in [0.3, 0.4) is 0 Å². The summed E-state index contributed by atoms with van der Waals surface area (Å²) in [6.45, 7) is 2.55. The van der Waals surface area contributed by atoms with E-state index >= 15 is 0 Å². The van der Waals surface area contributed by atoms with Gasteiger partial charge in [0.2, 0.25) is 5.75 Å². The van der Waals surface area contributed by atoms with E-state index in [1.165, 1.54) is 38.7 Å². The fourth-order valence-corrected chi connectivity index (χ4v) is 4.03. The van der Waals surface area contributed by atoms with E-state index in [4.69, 9.17) is 14.2 Å². The fraction of sp³-hybridized carbons (Fsp3) is 0.300. The molecule has 1 aromatic heterocycles. The van der Waals surface area contributed by atoms with Crippen molar-refractivity contribution in [3.63, 3.8) is 0 Å². The van der Waals surface area contributed by atoms with Crippen LogP contribution >= 0.6 is 11.3 Å². The van der Waals surface area contributed by atoms with Crippen molar-refractivity contribution >= 4 is 27.5 Å². The predicted molar refractivity (Wildman–Crippen MR) is 106 cm³/mol. The Bertz CT molecular complexity index is 1060. The van der Waals surface area contributed by atoms with Crippen molar-refractivity contribution in [2.45, 2.75) is 19.9 Å². The molecule has 0 aliphatic rings. The maximum atomic E-state index is 14.3. The molecule has 0 aliphatic heterocycles. The number of fused-ring (bicyclic) bond motifs is 1. The third kappa shape index (κ3) is 3.60. The predicted octanol–water partition coefficient (Wildman–Crippen LogP) is 4.02. The summed E-state index contributed by atoms with van der Waals surface area (Å²) < 4.78 is 32.7. The highest BCUT2D eigenvalue weighted by molar-refractivity contribution is 7.16. The van der Waals surface area contributed by atoms with Crippen molar-refractivity contribution < 1.29 is 23.4 Å². The number of carbonyl (C=O) groups is 1. The molecule has 0 aliphatic carbocycles. The zero-order chi connectivity index (χ0) is 20.3. The molecule has 0 fully saturated rings. The molecule has 1 amide bonds. The van der Waals surface area contributed by atoms with E-state index in [9.17, 15) is 9.18 Å². The molecule has 0 N–H and O–H groups in total. The van der Waals surface area contributed by atoms with Crippen molar-refractivity contribution in [3.8, 4) is 17.2 Å². The van der Waals surface area contributed by atoms with Gasteiger partial charge in [-0.15, -0.1) is 0 Å².